The second kappa shape index (κ2) is 10.1. The number of hydrogen-bond acceptors (Lipinski definition) is 4. The average molecular weight is 456 g/mol. The summed E-state index contributed by atoms with van der Waals surface area (Å²) in [6, 6.07) is 17.9. The zero-order valence-corrected chi connectivity index (χ0v) is 18.5. The fourth-order valence-corrected chi connectivity index (χ4v) is 4.01. The molecule has 3 aromatic rings. The molecule has 0 saturated carbocycles. The van der Waals surface area contributed by atoms with Crippen molar-refractivity contribution in [2.24, 2.45) is 0 Å². The van der Waals surface area contributed by atoms with Crippen molar-refractivity contribution in [1.82, 2.24) is 15.2 Å². The highest BCUT2D eigenvalue weighted by atomic mass is 35.5. The number of likely N-dealkylation sites (tertiary alicyclic amines) is 1. The van der Waals surface area contributed by atoms with Gasteiger partial charge in [0, 0.05) is 35.3 Å². The third-order valence-corrected chi connectivity index (χ3v) is 5.70. The van der Waals surface area contributed by atoms with Gasteiger partial charge in [0.05, 0.1) is 10.7 Å². The minimum Gasteiger partial charge on any atom is -0.437 e. The van der Waals surface area contributed by atoms with Crippen LogP contribution in [-0.4, -0.2) is 42.0 Å². The van der Waals surface area contributed by atoms with E-state index in [-0.39, 0.29) is 5.91 Å². The van der Waals surface area contributed by atoms with Gasteiger partial charge in [-0.2, -0.15) is 0 Å². The molecule has 0 aliphatic carbocycles. The summed E-state index contributed by atoms with van der Waals surface area (Å²) in [5.74, 6) is 0.797. The van der Waals surface area contributed by atoms with Crippen LogP contribution in [0.1, 0.15) is 23.2 Å². The molecule has 2 heterocycles. The van der Waals surface area contributed by atoms with Crippen molar-refractivity contribution in [2.75, 3.05) is 26.2 Å². The molecule has 0 atom stereocenters. The van der Waals surface area contributed by atoms with E-state index in [0.29, 0.717) is 39.5 Å². The van der Waals surface area contributed by atoms with Gasteiger partial charge in [-0.25, -0.2) is 4.98 Å². The average Bonchev–Trinajstić information content (AvgIpc) is 3.29. The lowest BCUT2D eigenvalue weighted by Crippen LogP contribution is -2.33. The number of amides is 1. The third-order valence-electron chi connectivity index (χ3n) is 5.16. The first-order valence-corrected chi connectivity index (χ1v) is 11.0. The fourth-order valence-electron chi connectivity index (χ4n) is 3.56. The van der Waals surface area contributed by atoms with Gasteiger partial charge in [-0.15, -0.1) is 0 Å². The number of ether oxygens (including phenoxy) is 1. The van der Waals surface area contributed by atoms with Crippen LogP contribution >= 0.6 is 23.2 Å². The summed E-state index contributed by atoms with van der Waals surface area (Å²) in [6.07, 6.45) is 2.49. The topological polar surface area (TPSA) is 54.5 Å². The molecular weight excluding hydrogens is 433 g/mol. The molecule has 4 rings (SSSR count). The van der Waals surface area contributed by atoms with Crippen molar-refractivity contribution < 1.29 is 9.53 Å². The summed E-state index contributed by atoms with van der Waals surface area (Å²) in [5.41, 5.74) is 2.14. The number of halogens is 2. The number of rotatable bonds is 7. The number of nitrogens with zero attached hydrogens (tertiary/aromatic N) is 2. The lowest BCUT2D eigenvalue weighted by Gasteiger charge is -2.14. The van der Waals surface area contributed by atoms with E-state index >= 15 is 0 Å². The zero-order chi connectivity index (χ0) is 21.6. The number of carbonyl (C=O) groups excluding carboxylic acids is 1. The highest BCUT2D eigenvalue weighted by Gasteiger charge is 2.13. The Bertz CT molecular complexity index is 1070. The van der Waals surface area contributed by atoms with Crippen molar-refractivity contribution in [2.45, 2.75) is 12.8 Å². The summed E-state index contributed by atoms with van der Waals surface area (Å²) in [4.78, 5) is 19.5. The van der Waals surface area contributed by atoms with Crippen LogP contribution in [0, 0.1) is 0 Å². The van der Waals surface area contributed by atoms with Gasteiger partial charge in [0.2, 0.25) is 5.88 Å². The Labute approximate surface area is 192 Å². The van der Waals surface area contributed by atoms with E-state index in [1.807, 2.05) is 36.4 Å². The molecule has 1 aliphatic rings. The van der Waals surface area contributed by atoms with E-state index in [1.54, 1.807) is 24.3 Å². The molecule has 0 unspecified atom stereocenters. The van der Waals surface area contributed by atoms with Gasteiger partial charge < -0.3 is 15.0 Å². The molecule has 1 aromatic heterocycles. The van der Waals surface area contributed by atoms with E-state index in [2.05, 4.69) is 15.2 Å². The maximum Gasteiger partial charge on any atom is 0.251 e. The molecule has 160 valence electrons. The molecular formula is C24H23Cl2N3O2. The molecule has 31 heavy (non-hydrogen) atoms. The minimum atomic E-state index is -0.0820. The molecule has 0 spiro atoms. The van der Waals surface area contributed by atoms with Gasteiger partial charge in [0.1, 0.15) is 5.75 Å². The Hall–Kier alpha value is -2.60. The van der Waals surface area contributed by atoms with E-state index in [1.165, 1.54) is 12.8 Å². The number of pyridine rings is 1. The van der Waals surface area contributed by atoms with Crippen molar-refractivity contribution >= 4 is 29.1 Å². The van der Waals surface area contributed by atoms with Crippen LogP contribution in [0.15, 0.2) is 60.7 Å². The predicted octanol–water partition coefficient (Wildman–Crippen LogP) is 5.67. The normalized spacial score (nSPS) is 13.9. The molecule has 1 N–H and O–H groups in total. The molecule has 5 nitrogen and oxygen atoms in total. The summed E-state index contributed by atoms with van der Waals surface area (Å²) >= 11 is 12.1. The number of aromatic nitrogens is 1. The first-order chi connectivity index (χ1) is 15.1. The Morgan fingerprint density at radius 1 is 1.03 bits per heavy atom. The van der Waals surface area contributed by atoms with Crippen LogP contribution in [0.5, 0.6) is 11.6 Å². The van der Waals surface area contributed by atoms with Crippen LogP contribution in [0.25, 0.3) is 11.3 Å². The van der Waals surface area contributed by atoms with Crippen LogP contribution in [0.3, 0.4) is 0 Å². The summed E-state index contributed by atoms with van der Waals surface area (Å²) < 4.78 is 5.82. The Morgan fingerprint density at radius 2 is 1.84 bits per heavy atom. The Balaban J connectivity index is 1.44. The van der Waals surface area contributed by atoms with Gasteiger partial charge >= 0.3 is 0 Å². The van der Waals surface area contributed by atoms with Gasteiger partial charge in [-0.1, -0.05) is 41.4 Å². The lowest BCUT2D eigenvalue weighted by atomic mass is 10.1. The van der Waals surface area contributed by atoms with Crippen molar-refractivity contribution in [1.29, 1.82) is 0 Å². The van der Waals surface area contributed by atoms with E-state index in [9.17, 15) is 4.79 Å². The largest absolute Gasteiger partial charge is 0.437 e. The van der Waals surface area contributed by atoms with Crippen molar-refractivity contribution in [3.05, 3.63) is 76.3 Å². The van der Waals surface area contributed by atoms with Gasteiger partial charge in [-0.3, -0.25) is 4.79 Å². The molecule has 2 aromatic carbocycles. The van der Waals surface area contributed by atoms with Crippen molar-refractivity contribution in [3.8, 4) is 22.9 Å². The van der Waals surface area contributed by atoms with Gasteiger partial charge in [-0.05, 0) is 62.3 Å². The first kappa shape index (κ1) is 21.6. The fraction of sp³-hybridized carbons (Fsp3) is 0.250. The standard InChI is InChI=1S/C24H23Cl2N3O2/c25-19-9-10-22(20(26)16-19)31-23-8-4-7-21(28-23)17-5-3-6-18(15-17)24(30)27-11-14-29-12-1-2-13-29/h3-10,15-16H,1-2,11-14H2,(H,27,30). The smallest absolute Gasteiger partial charge is 0.251 e. The Morgan fingerprint density at radius 3 is 2.65 bits per heavy atom. The predicted molar refractivity (Wildman–Crippen MR) is 124 cm³/mol. The van der Waals surface area contributed by atoms with E-state index < -0.39 is 0 Å². The molecule has 7 heteroatoms. The van der Waals surface area contributed by atoms with Crippen molar-refractivity contribution in [3.63, 3.8) is 0 Å². The lowest BCUT2D eigenvalue weighted by molar-refractivity contribution is 0.0950. The maximum atomic E-state index is 12.6. The minimum absolute atomic E-state index is 0.0820. The quantitative estimate of drug-likeness (QED) is 0.498. The first-order valence-electron chi connectivity index (χ1n) is 10.3. The number of nitrogens with one attached hydrogen (secondary N) is 1. The molecule has 1 amide bonds. The number of benzene rings is 2. The Kier molecular flexibility index (Phi) is 7.07. The SMILES string of the molecule is O=C(NCCN1CCCC1)c1cccc(-c2cccc(Oc3ccc(Cl)cc3Cl)n2)c1. The number of carbonyl (C=O) groups is 1. The third kappa shape index (κ3) is 5.76. The molecule has 0 radical (unpaired) electrons. The van der Waals surface area contributed by atoms with E-state index in [0.717, 1.165) is 25.2 Å². The van der Waals surface area contributed by atoms with Crippen LogP contribution in [0.2, 0.25) is 10.0 Å². The maximum absolute atomic E-state index is 12.6. The molecule has 1 aliphatic heterocycles. The second-order valence-electron chi connectivity index (χ2n) is 7.42. The highest BCUT2D eigenvalue weighted by Crippen LogP contribution is 2.31. The van der Waals surface area contributed by atoms with Crippen LogP contribution in [-0.2, 0) is 0 Å². The summed E-state index contributed by atoms with van der Waals surface area (Å²) in [6.45, 7) is 3.78. The number of hydrogen-bond donors (Lipinski definition) is 1. The zero-order valence-electron chi connectivity index (χ0n) is 17.0. The van der Waals surface area contributed by atoms with E-state index in [4.69, 9.17) is 27.9 Å². The molecule has 1 saturated heterocycles. The molecule has 0 bridgehead atoms. The van der Waals surface area contributed by atoms with Gasteiger partial charge in [0.15, 0.2) is 0 Å². The van der Waals surface area contributed by atoms with Crippen LogP contribution in [0.4, 0.5) is 0 Å². The van der Waals surface area contributed by atoms with Gasteiger partial charge in [0.25, 0.3) is 5.91 Å². The van der Waals surface area contributed by atoms with Crippen LogP contribution < -0.4 is 10.1 Å². The summed E-state index contributed by atoms with van der Waals surface area (Å²) in [5, 5.41) is 3.95. The molecule has 1 fully saturated rings. The monoisotopic (exact) mass is 455 g/mol. The highest BCUT2D eigenvalue weighted by molar-refractivity contribution is 6.35. The summed E-state index contributed by atoms with van der Waals surface area (Å²) in [7, 11) is 0. The second-order valence-corrected chi connectivity index (χ2v) is 8.27.